The molecule has 3 rings (SSSR count). The zero-order chi connectivity index (χ0) is 27.7. The van der Waals surface area contributed by atoms with Crippen LogP contribution in [0.25, 0.3) is 0 Å². The molecule has 0 atom stereocenters. The second-order valence-corrected chi connectivity index (χ2v) is 11.0. The number of Topliss-reactive ketones (excluding diaryl/α,β-unsaturated/α-hetero) is 1. The predicted octanol–water partition coefficient (Wildman–Crippen LogP) is 9.15. The fraction of sp³-hybridized carbons (Fsp3) is 0.724. The molecule has 2 fully saturated rings. The van der Waals surface area contributed by atoms with Crippen LogP contribution >= 0.6 is 0 Å². The van der Waals surface area contributed by atoms with Gasteiger partial charge in [-0.05, 0) is 70.1 Å². The van der Waals surface area contributed by atoms with E-state index in [0.29, 0.717) is 17.7 Å². The summed E-state index contributed by atoms with van der Waals surface area (Å²) in [7, 11) is 0. The average Bonchev–Trinajstić information content (AvgIpc) is 2.71. The highest BCUT2D eigenvalue weighted by Gasteiger charge is 2.58. The zero-order valence-electron chi connectivity index (χ0n) is 23.1. The lowest BCUT2D eigenvalue weighted by Gasteiger charge is -2.42. The summed E-state index contributed by atoms with van der Waals surface area (Å²) in [6, 6.07) is 3.16. The largest absolute Gasteiger partial charge is 0.394 e. The number of benzene rings is 1. The van der Waals surface area contributed by atoms with Gasteiger partial charge in [-0.15, -0.1) is 0 Å². The molecule has 0 unspecified atom stereocenters. The number of aliphatic hydroxyl groups is 1. The van der Waals surface area contributed by atoms with Crippen molar-refractivity contribution in [1.82, 2.24) is 0 Å². The molecule has 0 saturated heterocycles. The maximum atomic E-state index is 14.0. The van der Waals surface area contributed by atoms with Gasteiger partial charge in [0.1, 0.15) is 17.3 Å². The first-order chi connectivity index (χ1) is 16.6. The van der Waals surface area contributed by atoms with Crippen molar-refractivity contribution < 1.29 is 27.5 Å². The van der Waals surface area contributed by atoms with E-state index in [0.717, 1.165) is 30.0 Å². The summed E-state index contributed by atoms with van der Waals surface area (Å²) >= 11 is 0. The van der Waals surface area contributed by atoms with E-state index in [1.807, 2.05) is 13.8 Å². The maximum absolute atomic E-state index is 14.0. The van der Waals surface area contributed by atoms with Crippen molar-refractivity contribution in [2.45, 2.75) is 124 Å². The molecule has 36 heavy (non-hydrogen) atoms. The number of hydrogen-bond acceptors (Lipinski definition) is 3. The number of aliphatic imine (C=N–C) groups is 1. The van der Waals surface area contributed by atoms with Gasteiger partial charge in [0.25, 0.3) is 0 Å². The fourth-order valence-corrected chi connectivity index (χ4v) is 4.12. The number of ketones is 1. The molecule has 0 aromatic heterocycles. The molecule has 2 aliphatic carbocycles. The fourth-order valence-electron chi connectivity index (χ4n) is 4.12. The monoisotopic (exact) mass is 515 g/mol. The van der Waals surface area contributed by atoms with Crippen molar-refractivity contribution in [1.29, 1.82) is 0 Å². The van der Waals surface area contributed by atoms with E-state index in [1.165, 1.54) is 25.3 Å². The summed E-state index contributed by atoms with van der Waals surface area (Å²) in [6.07, 6.45) is 2.87. The van der Waals surface area contributed by atoms with Gasteiger partial charge in [-0.1, -0.05) is 58.9 Å². The lowest BCUT2D eigenvalue weighted by atomic mass is 9.65. The average molecular weight is 516 g/mol. The Morgan fingerprint density at radius 1 is 1.14 bits per heavy atom. The Morgan fingerprint density at radius 3 is 2.00 bits per heavy atom. The molecule has 0 bridgehead atoms. The number of nitrogens with zero attached hydrogens (tertiary/aromatic N) is 1. The number of alkyl halides is 3. The Morgan fingerprint density at radius 2 is 1.69 bits per heavy atom. The van der Waals surface area contributed by atoms with Crippen LogP contribution in [0, 0.1) is 24.1 Å². The molecule has 0 aliphatic heterocycles. The summed E-state index contributed by atoms with van der Waals surface area (Å²) in [5, 5.41) is 9.89. The van der Waals surface area contributed by atoms with Crippen molar-refractivity contribution in [3.63, 3.8) is 0 Å². The molecule has 0 amide bonds. The molecule has 0 spiro atoms. The summed E-state index contributed by atoms with van der Waals surface area (Å²) in [5.74, 6) is 0.412. The van der Waals surface area contributed by atoms with Crippen LogP contribution in [0.4, 0.5) is 23.2 Å². The van der Waals surface area contributed by atoms with Crippen LogP contribution in [0.2, 0.25) is 0 Å². The van der Waals surface area contributed by atoms with E-state index in [1.54, 1.807) is 26.8 Å². The van der Waals surface area contributed by atoms with Crippen LogP contribution in [0.15, 0.2) is 17.1 Å². The van der Waals surface area contributed by atoms with Crippen LogP contribution in [-0.4, -0.2) is 22.8 Å². The Bertz CT molecular complexity index is 853. The molecular formula is C29H45F4NO2. The highest BCUT2D eigenvalue weighted by Crippen LogP contribution is 2.55. The van der Waals surface area contributed by atoms with Crippen LogP contribution in [0.3, 0.4) is 0 Å². The Hall–Kier alpha value is -1.76. The summed E-state index contributed by atoms with van der Waals surface area (Å²) in [4.78, 5) is 15.3. The van der Waals surface area contributed by atoms with Gasteiger partial charge in [0, 0.05) is 18.6 Å². The molecule has 2 saturated carbocycles. The minimum Gasteiger partial charge on any atom is -0.386 e. The minimum atomic E-state index is -4.20. The van der Waals surface area contributed by atoms with E-state index in [9.17, 15) is 27.5 Å². The number of halogens is 4. The quantitative estimate of drug-likeness (QED) is 0.291. The highest BCUT2D eigenvalue weighted by molar-refractivity contribution is 5.85. The lowest BCUT2D eigenvalue weighted by Crippen LogP contribution is -2.45. The second kappa shape index (κ2) is 13.7. The Labute approximate surface area is 214 Å². The van der Waals surface area contributed by atoms with Crippen molar-refractivity contribution in [2.24, 2.45) is 16.3 Å². The number of carbonyl (C=O) groups excluding carboxylic acids is 1. The smallest absolute Gasteiger partial charge is 0.386 e. The van der Waals surface area contributed by atoms with Crippen LogP contribution in [0.5, 0.6) is 0 Å². The standard InChI is InChI=1S/C15H22FNO.C9H13F3O.C5H10/c1-6-7-11(3)17-14-10(2)8-12(9-13(14)16)15(4,5)18;1-2-7(13)6-8(4-3-5-8)9(10,11)12;1-5-3-2-4-5/h8-9,18H,6-7H2,1-5H3;2-6H2,1H3;5H,2-4H2,1H3. The molecule has 3 nitrogen and oxygen atoms in total. The van der Waals surface area contributed by atoms with Crippen molar-refractivity contribution in [3.05, 3.63) is 29.1 Å². The van der Waals surface area contributed by atoms with Gasteiger partial charge in [-0.25, -0.2) is 4.39 Å². The van der Waals surface area contributed by atoms with Crippen molar-refractivity contribution >= 4 is 17.2 Å². The molecule has 206 valence electrons. The van der Waals surface area contributed by atoms with E-state index >= 15 is 0 Å². The number of aryl methyl sites for hydroxylation is 1. The van der Waals surface area contributed by atoms with Gasteiger partial charge < -0.3 is 5.11 Å². The first-order valence-electron chi connectivity index (χ1n) is 13.2. The lowest BCUT2D eigenvalue weighted by molar-refractivity contribution is -0.251. The number of carbonyl (C=O) groups is 1. The molecule has 0 radical (unpaired) electrons. The Balaban J connectivity index is 0.000000311. The van der Waals surface area contributed by atoms with E-state index < -0.39 is 17.2 Å². The zero-order valence-corrected chi connectivity index (χ0v) is 23.1. The van der Waals surface area contributed by atoms with Crippen molar-refractivity contribution in [3.8, 4) is 0 Å². The number of hydrogen-bond donors (Lipinski definition) is 1. The second-order valence-electron chi connectivity index (χ2n) is 11.0. The topological polar surface area (TPSA) is 49.7 Å². The summed E-state index contributed by atoms with van der Waals surface area (Å²) in [6.45, 7) is 13.0. The van der Waals surface area contributed by atoms with E-state index in [-0.39, 0.29) is 37.3 Å². The molecule has 0 heterocycles. The van der Waals surface area contributed by atoms with Crippen LogP contribution in [-0.2, 0) is 10.4 Å². The first-order valence-corrected chi connectivity index (χ1v) is 13.2. The normalized spacial score (nSPS) is 17.6. The molecular weight excluding hydrogens is 470 g/mol. The van der Waals surface area contributed by atoms with E-state index in [2.05, 4.69) is 18.8 Å². The van der Waals surface area contributed by atoms with Gasteiger partial charge >= 0.3 is 6.18 Å². The van der Waals surface area contributed by atoms with Crippen LogP contribution in [0.1, 0.15) is 117 Å². The third-order valence-corrected chi connectivity index (χ3v) is 7.11. The molecule has 1 N–H and O–H groups in total. The maximum Gasteiger partial charge on any atom is 0.394 e. The molecule has 7 heteroatoms. The third-order valence-electron chi connectivity index (χ3n) is 7.11. The van der Waals surface area contributed by atoms with E-state index in [4.69, 9.17) is 0 Å². The van der Waals surface area contributed by atoms with Crippen LogP contribution < -0.4 is 0 Å². The molecule has 1 aromatic rings. The SMILES string of the molecule is CC1CCC1.CCC(=O)CC1(C(F)(F)F)CCC1.CCCC(C)=Nc1c(C)cc(C(C)(C)O)cc1F. The van der Waals surface area contributed by atoms with Gasteiger partial charge in [0.15, 0.2) is 0 Å². The summed E-state index contributed by atoms with van der Waals surface area (Å²) in [5.41, 5.74) is -0.0662. The minimum absolute atomic E-state index is 0.127. The van der Waals surface area contributed by atoms with Gasteiger partial charge in [0.2, 0.25) is 0 Å². The first kappa shape index (κ1) is 32.3. The van der Waals surface area contributed by atoms with Gasteiger partial charge in [0.05, 0.1) is 11.0 Å². The van der Waals surface area contributed by atoms with Crippen molar-refractivity contribution in [2.75, 3.05) is 0 Å². The highest BCUT2D eigenvalue weighted by atomic mass is 19.4. The third kappa shape index (κ3) is 9.60. The molecule has 2 aliphatic rings. The number of rotatable bonds is 7. The Kier molecular flexibility index (Phi) is 12.3. The molecule has 1 aromatic carbocycles. The van der Waals surface area contributed by atoms with Gasteiger partial charge in [-0.2, -0.15) is 13.2 Å². The van der Waals surface area contributed by atoms with Gasteiger partial charge in [-0.3, -0.25) is 9.79 Å². The summed E-state index contributed by atoms with van der Waals surface area (Å²) < 4.78 is 51.5. The predicted molar refractivity (Wildman–Crippen MR) is 139 cm³/mol.